The van der Waals surface area contributed by atoms with Gasteiger partial charge in [0.2, 0.25) is 0 Å². The zero-order chi connectivity index (χ0) is 18.3. The average Bonchev–Trinajstić information content (AvgIpc) is 2.44. The van der Waals surface area contributed by atoms with Crippen LogP contribution in [0.3, 0.4) is 0 Å². The molecule has 2 rings (SSSR count). The number of aromatic nitrogens is 1. The topological polar surface area (TPSA) is 12.9 Å². The SMILES string of the molecule is FC(F)(F)c1ccc(C(F)(F)F)c(-c2ccccc2C(F)(F)F)n1. The summed E-state index contributed by atoms with van der Waals surface area (Å²) in [6.07, 6.45) is -15.3. The second-order valence-electron chi connectivity index (χ2n) is 4.63. The first-order valence-electron chi connectivity index (χ1n) is 6.14. The van der Waals surface area contributed by atoms with Crippen LogP contribution in [-0.4, -0.2) is 4.98 Å². The maximum atomic E-state index is 13.0. The highest BCUT2D eigenvalue weighted by atomic mass is 19.4. The molecule has 0 aliphatic rings. The summed E-state index contributed by atoms with van der Waals surface area (Å²) in [6.45, 7) is 0. The summed E-state index contributed by atoms with van der Waals surface area (Å²) in [7, 11) is 0. The number of benzene rings is 1. The molecule has 0 saturated carbocycles. The average molecular weight is 359 g/mol. The molecular formula is C14H6F9N. The highest BCUT2D eigenvalue weighted by molar-refractivity contribution is 5.68. The van der Waals surface area contributed by atoms with Gasteiger partial charge in [-0.2, -0.15) is 39.5 Å². The molecule has 2 aromatic rings. The maximum absolute atomic E-state index is 13.0. The standard InChI is InChI=1S/C14H6F9N/c15-12(16,17)8-4-2-1-3-7(8)11-9(13(18,19)20)5-6-10(24-11)14(21,22)23/h1-6H. The summed E-state index contributed by atoms with van der Waals surface area (Å²) in [5.74, 6) is 0. The fourth-order valence-corrected chi connectivity index (χ4v) is 1.99. The van der Waals surface area contributed by atoms with Gasteiger partial charge in [0, 0.05) is 5.56 Å². The maximum Gasteiger partial charge on any atom is 0.433 e. The quantitative estimate of drug-likeness (QED) is 0.586. The minimum Gasteiger partial charge on any atom is -0.243 e. The van der Waals surface area contributed by atoms with E-state index in [1.165, 1.54) is 0 Å². The van der Waals surface area contributed by atoms with E-state index < -0.39 is 46.6 Å². The smallest absolute Gasteiger partial charge is 0.243 e. The third kappa shape index (κ3) is 3.62. The van der Waals surface area contributed by atoms with Gasteiger partial charge in [0.05, 0.1) is 16.8 Å². The monoisotopic (exact) mass is 359 g/mol. The first kappa shape index (κ1) is 18.1. The van der Waals surface area contributed by atoms with Gasteiger partial charge in [-0.15, -0.1) is 0 Å². The molecule has 1 heterocycles. The lowest BCUT2D eigenvalue weighted by molar-refractivity contribution is -0.144. The molecule has 0 amide bonds. The molecule has 0 atom stereocenters. The fraction of sp³-hybridized carbons (Fsp3) is 0.214. The Kier molecular flexibility index (Phi) is 4.28. The molecule has 1 aromatic carbocycles. The Morgan fingerprint density at radius 1 is 0.583 bits per heavy atom. The Balaban J connectivity index is 2.82. The van der Waals surface area contributed by atoms with Crippen LogP contribution >= 0.6 is 0 Å². The lowest BCUT2D eigenvalue weighted by atomic mass is 9.99. The van der Waals surface area contributed by atoms with Crippen molar-refractivity contribution >= 4 is 0 Å². The predicted octanol–water partition coefficient (Wildman–Crippen LogP) is 5.81. The van der Waals surface area contributed by atoms with E-state index in [1.54, 1.807) is 0 Å². The van der Waals surface area contributed by atoms with Gasteiger partial charge in [-0.3, -0.25) is 0 Å². The van der Waals surface area contributed by atoms with Crippen molar-refractivity contribution < 1.29 is 39.5 Å². The normalized spacial score (nSPS) is 13.2. The van der Waals surface area contributed by atoms with Gasteiger partial charge in [0.15, 0.2) is 0 Å². The second kappa shape index (κ2) is 5.67. The van der Waals surface area contributed by atoms with Crippen LogP contribution in [0.4, 0.5) is 39.5 Å². The summed E-state index contributed by atoms with van der Waals surface area (Å²) in [5.41, 5.74) is -7.43. The zero-order valence-electron chi connectivity index (χ0n) is 11.3. The molecule has 0 unspecified atom stereocenters. The highest BCUT2D eigenvalue weighted by Crippen LogP contribution is 2.42. The highest BCUT2D eigenvalue weighted by Gasteiger charge is 2.41. The van der Waals surface area contributed by atoms with Crippen LogP contribution in [0, 0.1) is 0 Å². The molecule has 0 aliphatic carbocycles. The Morgan fingerprint density at radius 3 is 1.62 bits per heavy atom. The molecule has 0 aliphatic heterocycles. The number of rotatable bonds is 1. The molecule has 24 heavy (non-hydrogen) atoms. The van der Waals surface area contributed by atoms with Gasteiger partial charge < -0.3 is 0 Å². The van der Waals surface area contributed by atoms with Crippen LogP contribution in [0.25, 0.3) is 11.3 Å². The second-order valence-corrected chi connectivity index (χ2v) is 4.63. The predicted molar refractivity (Wildman–Crippen MR) is 64.7 cm³/mol. The molecule has 0 spiro atoms. The molecule has 0 radical (unpaired) electrons. The summed E-state index contributed by atoms with van der Waals surface area (Å²) < 4.78 is 116. The van der Waals surface area contributed by atoms with Crippen LogP contribution in [0.1, 0.15) is 16.8 Å². The van der Waals surface area contributed by atoms with Crippen molar-refractivity contribution in [2.45, 2.75) is 18.5 Å². The fourth-order valence-electron chi connectivity index (χ4n) is 1.99. The number of halogens is 9. The van der Waals surface area contributed by atoms with Crippen molar-refractivity contribution in [1.82, 2.24) is 4.98 Å². The summed E-state index contributed by atoms with van der Waals surface area (Å²) in [5, 5.41) is 0. The van der Waals surface area contributed by atoms with E-state index in [2.05, 4.69) is 4.98 Å². The molecule has 130 valence electrons. The van der Waals surface area contributed by atoms with Crippen molar-refractivity contribution in [2.24, 2.45) is 0 Å². The molecule has 0 saturated heterocycles. The van der Waals surface area contributed by atoms with Crippen LogP contribution in [0.5, 0.6) is 0 Å². The summed E-state index contributed by atoms with van der Waals surface area (Å²) >= 11 is 0. The number of pyridine rings is 1. The van der Waals surface area contributed by atoms with E-state index in [1.807, 2.05) is 0 Å². The number of nitrogens with zero attached hydrogens (tertiary/aromatic N) is 1. The van der Waals surface area contributed by atoms with Crippen molar-refractivity contribution in [1.29, 1.82) is 0 Å². The lowest BCUT2D eigenvalue weighted by Gasteiger charge is -2.18. The lowest BCUT2D eigenvalue weighted by Crippen LogP contribution is -2.16. The molecular weight excluding hydrogens is 353 g/mol. The third-order valence-electron chi connectivity index (χ3n) is 2.98. The molecule has 0 bridgehead atoms. The van der Waals surface area contributed by atoms with E-state index >= 15 is 0 Å². The van der Waals surface area contributed by atoms with Gasteiger partial charge in [0.25, 0.3) is 0 Å². The number of hydrogen-bond acceptors (Lipinski definition) is 1. The van der Waals surface area contributed by atoms with E-state index in [0.717, 1.165) is 12.1 Å². The molecule has 1 aromatic heterocycles. The van der Waals surface area contributed by atoms with Crippen LogP contribution in [0.2, 0.25) is 0 Å². The van der Waals surface area contributed by atoms with Crippen LogP contribution < -0.4 is 0 Å². The Hall–Kier alpha value is -2.26. The number of hydrogen-bond donors (Lipinski definition) is 0. The largest absolute Gasteiger partial charge is 0.433 e. The van der Waals surface area contributed by atoms with Crippen molar-refractivity contribution in [3.05, 3.63) is 53.2 Å². The van der Waals surface area contributed by atoms with E-state index in [4.69, 9.17) is 0 Å². The minimum absolute atomic E-state index is 0.0678. The molecule has 10 heteroatoms. The molecule has 0 N–H and O–H groups in total. The Bertz CT molecular complexity index is 741. The van der Waals surface area contributed by atoms with Crippen molar-refractivity contribution in [2.75, 3.05) is 0 Å². The van der Waals surface area contributed by atoms with E-state index in [9.17, 15) is 39.5 Å². The summed E-state index contributed by atoms with van der Waals surface area (Å²) in [4.78, 5) is 2.81. The van der Waals surface area contributed by atoms with Gasteiger partial charge >= 0.3 is 18.5 Å². The summed E-state index contributed by atoms with van der Waals surface area (Å²) in [6, 6.07) is 3.14. The van der Waals surface area contributed by atoms with Gasteiger partial charge in [-0.25, -0.2) is 4.98 Å². The van der Waals surface area contributed by atoms with Crippen LogP contribution in [0.15, 0.2) is 36.4 Å². The first-order valence-corrected chi connectivity index (χ1v) is 6.14. The zero-order valence-corrected chi connectivity index (χ0v) is 11.3. The Labute approximate surface area is 128 Å². The molecule has 0 fully saturated rings. The van der Waals surface area contributed by atoms with Crippen LogP contribution in [-0.2, 0) is 18.5 Å². The van der Waals surface area contributed by atoms with E-state index in [0.29, 0.717) is 12.1 Å². The third-order valence-corrected chi connectivity index (χ3v) is 2.98. The van der Waals surface area contributed by atoms with Crippen molar-refractivity contribution in [3.8, 4) is 11.3 Å². The van der Waals surface area contributed by atoms with Gasteiger partial charge in [-0.05, 0) is 18.2 Å². The van der Waals surface area contributed by atoms with Gasteiger partial charge in [0.1, 0.15) is 5.69 Å². The van der Waals surface area contributed by atoms with Crippen molar-refractivity contribution in [3.63, 3.8) is 0 Å². The first-order chi connectivity index (χ1) is 10.8. The van der Waals surface area contributed by atoms with Gasteiger partial charge in [-0.1, -0.05) is 18.2 Å². The minimum atomic E-state index is -5.18. The molecule has 1 nitrogen and oxygen atoms in total. The Morgan fingerprint density at radius 2 is 1.12 bits per heavy atom. The van der Waals surface area contributed by atoms with E-state index in [-0.39, 0.29) is 12.1 Å². The number of alkyl halides is 9.